The third-order valence-corrected chi connectivity index (χ3v) is 1.85. The summed E-state index contributed by atoms with van der Waals surface area (Å²) in [6, 6.07) is 0. The van der Waals surface area contributed by atoms with E-state index in [9.17, 15) is 0 Å². The number of nitrogen functional groups attached to an aromatic ring is 1. The van der Waals surface area contributed by atoms with Gasteiger partial charge in [-0.3, -0.25) is 0 Å². The monoisotopic (exact) mass is 150 g/mol. The minimum absolute atomic E-state index is 0.565. The van der Waals surface area contributed by atoms with E-state index in [4.69, 9.17) is 5.73 Å². The van der Waals surface area contributed by atoms with Gasteiger partial charge in [0.1, 0.15) is 6.33 Å². The van der Waals surface area contributed by atoms with Gasteiger partial charge in [-0.25, -0.2) is 9.97 Å². The lowest BCUT2D eigenvalue weighted by Gasteiger charge is -2.16. The molecular weight excluding hydrogens is 140 g/mol. The van der Waals surface area contributed by atoms with Gasteiger partial charge in [-0.15, -0.1) is 0 Å². The molecule has 0 fully saturated rings. The van der Waals surface area contributed by atoms with Crippen molar-refractivity contribution in [2.75, 3.05) is 17.6 Å². The molecule has 0 radical (unpaired) electrons. The summed E-state index contributed by atoms with van der Waals surface area (Å²) in [4.78, 5) is 8.02. The van der Waals surface area contributed by atoms with Gasteiger partial charge in [0.25, 0.3) is 0 Å². The van der Waals surface area contributed by atoms with Crippen molar-refractivity contribution in [3.05, 3.63) is 12.0 Å². The van der Waals surface area contributed by atoms with Crippen LogP contribution in [-0.2, 0) is 6.42 Å². The van der Waals surface area contributed by atoms with E-state index in [1.807, 2.05) is 0 Å². The highest BCUT2D eigenvalue weighted by atomic mass is 15.0. The number of hydrogen-bond acceptors (Lipinski definition) is 4. The number of anilines is 2. The zero-order valence-electron chi connectivity index (χ0n) is 6.17. The van der Waals surface area contributed by atoms with Crippen molar-refractivity contribution < 1.29 is 0 Å². The van der Waals surface area contributed by atoms with Crippen molar-refractivity contribution in [3.8, 4) is 0 Å². The van der Waals surface area contributed by atoms with Crippen LogP contribution in [-0.4, -0.2) is 16.5 Å². The van der Waals surface area contributed by atoms with Crippen molar-refractivity contribution in [3.63, 3.8) is 0 Å². The highest BCUT2D eigenvalue weighted by Gasteiger charge is 2.11. The molecule has 11 heavy (non-hydrogen) atoms. The molecule has 0 bridgehead atoms. The fourth-order valence-electron chi connectivity index (χ4n) is 1.29. The Balaban J connectivity index is 2.49. The molecule has 4 heteroatoms. The second-order valence-corrected chi connectivity index (χ2v) is 2.61. The summed E-state index contributed by atoms with van der Waals surface area (Å²) in [5, 5.41) is 3.18. The topological polar surface area (TPSA) is 63.8 Å². The number of aryl methyl sites for hydroxylation is 1. The Kier molecular flexibility index (Phi) is 1.38. The first-order chi connectivity index (χ1) is 5.38. The number of hydrogen-bond donors (Lipinski definition) is 2. The van der Waals surface area contributed by atoms with Crippen molar-refractivity contribution in [1.82, 2.24) is 9.97 Å². The Morgan fingerprint density at radius 1 is 1.45 bits per heavy atom. The number of nitrogens with two attached hydrogens (primary N) is 1. The molecule has 0 aromatic carbocycles. The van der Waals surface area contributed by atoms with Crippen LogP contribution in [0.25, 0.3) is 0 Å². The van der Waals surface area contributed by atoms with E-state index < -0.39 is 0 Å². The first-order valence-corrected chi connectivity index (χ1v) is 3.71. The van der Waals surface area contributed by atoms with Crippen LogP contribution in [0.4, 0.5) is 11.5 Å². The van der Waals surface area contributed by atoms with E-state index in [-0.39, 0.29) is 0 Å². The van der Waals surface area contributed by atoms with Gasteiger partial charge in [0.2, 0.25) is 0 Å². The van der Waals surface area contributed by atoms with Crippen LogP contribution in [0.1, 0.15) is 12.1 Å². The molecule has 0 spiro atoms. The number of aromatic nitrogens is 2. The average Bonchev–Trinajstić information content (AvgIpc) is 2.06. The average molecular weight is 150 g/mol. The van der Waals surface area contributed by atoms with Gasteiger partial charge < -0.3 is 11.1 Å². The molecule has 2 rings (SSSR count). The predicted molar refractivity (Wildman–Crippen MR) is 43.3 cm³/mol. The van der Waals surface area contributed by atoms with Crippen molar-refractivity contribution >= 4 is 11.5 Å². The van der Waals surface area contributed by atoms with E-state index in [2.05, 4.69) is 15.3 Å². The molecule has 1 aromatic rings. The van der Waals surface area contributed by atoms with E-state index in [0.717, 1.165) is 30.8 Å². The Morgan fingerprint density at radius 2 is 2.36 bits per heavy atom. The maximum Gasteiger partial charge on any atom is 0.150 e. The zero-order valence-corrected chi connectivity index (χ0v) is 6.17. The van der Waals surface area contributed by atoms with Gasteiger partial charge in [-0.1, -0.05) is 0 Å². The predicted octanol–water partition coefficient (Wildman–Crippen LogP) is 0.417. The minimum Gasteiger partial charge on any atom is -0.382 e. The second-order valence-electron chi connectivity index (χ2n) is 2.61. The molecule has 4 nitrogen and oxygen atoms in total. The third kappa shape index (κ3) is 1.00. The molecule has 0 saturated heterocycles. The van der Waals surface area contributed by atoms with Gasteiger partial charge in [-0.2, -0.15) is 0 Å². The molecular formula is C7H10N4. The summed E-state index contributed by atoms with van der Waals surface area (Å²) in [5.74, 6) is 0.565. The van der Waals surface area contributed by atoms with E-state index in [1.165, 1.54) is 6.33 Å². The molecule has 1 aliphatic rings. The van der Waals surface area contributed by atoms with Gasteiger partial charge in [0.05, 0.1) is 11.4 Å². The van der Waals surface area contributed by atoms with Crippen LogP contribution in [0.15, 0.2) is 6.33 Å². The van der Waals surface area contributed by atoms with E-state index in [0.29, 0.717) is 5.82 Å². The molecule has 3 N–H and O–H groups in total. The van der Waals surface area contributed by atoms with Gasteiger partial charge in [0, 0.05) is 6.54 Å². The first-order valence-electron chi connectivity index (χ1n) is 3.71. The van der Waals surface area contributed by atoms with Gasteiger partial charge in [0.15, 0.2) is 5.82 Å². The summed E-state index contributed by atoms with van der Waals surface area (Å²) in [6.07, 6.45) is 3.65. The second kappa shape index (κ2) is 2.38. The summed E-state index contributed by atoms with van der Waals surface area (Å²) >= 11 is 0. The van der Waals surface area contributed by atoms with Crippen LogP contribution in [0.5, 0.6) is 0 Å². The van der Waals surface area contributed by atoms with Crippen molar-refractivity contribution in [2.24, 2.45) is 0 Å². The number of nitrogens with zero attached hydrogens (tertiary/aromatic N) is 2. The fourth-order valence-corrected chi connectivity index (χ4v) is 1.29. The third-order valence-electron chi connectivity index (χ3n) is 1.85. The maximum atomic E-state index is 5.63. The summed E-state index contributed by atoms with van der Waals surface area (Å²) in [6.45, 7) is 0.977. The van der Waals surface area contributed by atoms with Crippen LogP contribution < -0.4 is 11.1 Å². The molecule has 0 saturated carbocycles. The summed E-state index contributed by atoms with van der Waals surface area (Å²) in [5.41, 5.74) is 7.60. The normalized spacial score (nSPS) is 15.3. The van der Waals surface area contributed by atoms with E-state index >= 15 is 0 Å². The number of fused-ring (bicyclic) bond motifs is 1. The largest absolute Gasteiger partial charge is 0.382 e. The quantitative estimate of drug-likeness (QED) is 0.562. The molecule has 2 heterocycles. The Morgan fingerprint density at radius 3 is 3.18 bits per heavy atom. The van der Waals surface area contributed by atoms with Crippen molar-refractivity contribution in [2.45, 2.75) is 12.8 Å². The Labute approximate surface area is 64.8 Å². The molecule has 58 valence electrons. The zero-order chi connectivity index (χ0) is 7.68. The SMILES string of the molecule is Nc1ncnc2c1NCCC2. The minimum atomic E-state index is 0.565. The lowest BCUT2D eigenvalue weighted by Crippen LogP contribution is -2.15. The van der Waals surface area contributed by atoms with Crippen molar-refractivity contribution in [1.29, 1.82) is 0 Å². The van der Waals surface area contributed by atoms with Crippen LogP contribution in [0.3, 0.4) is 0 Å². The van der Waals surface area contributed by atoms with Crippen LogP contribution in [0, 0.1) is 0 Å². The fraction of sp³-hybridized carbons (Fsp3) is 0.429. The summed E-state index contributed by atoms with van der Waals surface area (Å²) in [7, 11) is 0. The first kappa shape index (κ1) is 6.39. The molecule has 1 aliphatic heterocycles. The molecule has 0 unspecified atom stereocenters. The summed E-state index contributed by atoms with van der Waals surface area (Å²) < 4.78 is 0. The van der Waals surface area contributed by atoms with Gasteiger partial charge >= 0.3 is 0 Å². The Hall–Kier alpha value is -1.32. The lowest BCUT2D eigenvalue weighted by atomic mass is 10.1. The molecule has 0 amide bonds. The maximum absolute atomic E-state index is 5.63. The smallest absolute Gasteiger partial charge is 0.150 e. The van der Waals surface area contributed by atoms with E-state index in [1.54, 1.807) is 0 Å². The van der Waals surface area contributed by atoms with Gasteiger partial charge in [-0.05, 0) is 12.8 Å². The van der Waals surface area contributed by atoms with Crippen LogP contribution >= 0.6 is 0 Å². The number of nitrogens with one attached hydrogen (secondary N) is 1. The van der Waals surface area contributed by atoms with Crippen LogP contribution in [0.2, 0.25) is 0 Å². The molecule has 0 atom stereocenters. The number of rotatable bonds is 0. The molecule has 0 aliphatic carbocycles. The lowest BCUT2D eigenvalue weighted by molar-refractivity contribution is 0.796. The highest BCUT2D eigenvalue weighted by molar-refractivity contribution is 5.65. The highest BCUT2D eigenvalue weighted by Crippen LogP contribution is 2.23. The molecule has 1 aromatic heterocycles. The standard InChI is InChI=1S/C7H10N4/c8-7-6-5(10-4-11-7)2-1-3-9-6/h4,9H,1-3H2,(H2,8,10,11). The Bertz CT molecular complexity index is 271.